The maximum absolute atomic E-state index is 5.89. The quantitative estimate of drug-likeness (QED) is 0.706. The number of aryl methyl sites for hydroxylation is 1. The molecule has 0 aliphatic heterocycles. The van der Waals surface area contributed by atoms with E-state index in [1.807, 2.05) is 36.4 Å². The summed E-state index contributed by atoms with van der Waals surface area (Å²) in [5, 5.41) is 4.09. The first kappa shape index (κ1) is 14.7. The Morgan fingerprint density at radius 3 is 2.64 bits per heavy atom. The van der Waals surface area contributed by atoms with Crippen molar-refractivity contribution in [2.24, 2.45) is 0 Å². The number of para-hydroxylation sites is 1. The minimum Gasteiger partial charge on any atom is -0.439 e. The molecule has 4 heteroatoms. The summed E-state index contributed by atoms with van der Waals surface area (Å²) in [6, 6.07) is 15.8. The Bertz CT molecular complexity index is 750. The molecule has 1 aromatic heterocycles. The zero-order chi connectivity index (χ0) is 15.4. The van der Waals surface area contributed by atoms with E-state index in [0.717, 1.165) is 23.4 Å². The molecule has 0 amide bonds. The van der Waals surface area contributed by atoms with Gasteiger partial charge in [0, 0.05) is 16.3 Å². The van der Waals surface area contributed by atoms with Crippen molar-refractivity contribution in [3.63, 3.8) is 0 Å². The Morgan fingerprint density at radius 2 is 1.86 bits per heavy atom. The number of halogens is 1. The first-order chi connectivity index (χ1) is 10.8. The Labute approximate surface area is 135 Å². The highest BCUT2D eigenvalue weighted by molar-refractivity contribution is 6.30. The lowest BCUT2D eigenvalue weighted by Crippen LogP contribution is -2.02. The summed E-state index contributed by atoms with van der Waals surface area (Å²) < 4.78 is 5.79. The lowest BCUT2D eigenvalue weighted by molar-refractivity contribution is 0.516. The largest absolute Gasteiger partial charge is 0.439 e. The third-order valence-corrected chi connectivity index (χ3v) is 3.76. The van der Waals surface area contributed by atoms with Crippen LogP contribution in [0, 0.1) is 0 Å². The van der Waals surface area contributed by atoms with Gasteiger partial charge >= 0.3 is 0 Å². The van der Waals surface area contributed by atoms with E-state index in [9.17, 15) is 0 Å². The Kier molecular flexibility index (Phi) is 4.45. The maximum Gasteiger partial charge on any atom is 0.214 e. The zero-order valence-corrected chi connectivity index (χ0v) is 13.1. The van der Waals surface area contributed by atoms with Gasteiger partial charge in [0.1, 0.15) is 0 Å². The van der Waals surface area contributed by atoms with Gasteiger partial charge in [-0.15, -0.1) is 0 Å². The topological polar surface area (TPSA) is 38.1 Å². The molecular formula is C18H17ClN2O. The minimum atomic E-state index is 0.560. The molecule has 0 aliphatic carbocycles. The number of rotatable bonds is 5. The van der Waals surface area contributed by atoms with E-state index in [2.05, 4.69) is 29.4 Å². The molecule has 0 atom stereocenters. The molecule has 3 aromatic rings. The molecule has 2 aromatic carbocycles. The van der Waals surface area contributed by atoms with Gasteiger partial charge in [0.2, 0.25) is 5.89 Å². The molecule has 3 nitrogen and oxygen atoms in total. The Balaban J connectivity index is 1.71. The normalized spacial score (nSPS) is 10.6. The molecular weight excluding hydrogens is 296 g/mol. The van der Waals surface area contributed by atoms with E-state index >= 15 is 0 Å². The lowest BCUT2D eigenvalue weighted by atomic mass is 10.1. The fourth-order valence-corrected chi connectivity index (χ4v) is 2.44. The van der Waals surface area contributed by atoms with E-state index in [1.165, 1.54) is 5.56 Å². The molecule has 0 unspecified atom stereocenters. The van der Waals surface area contributed by atoms with E-state index in [-0.39, 0.29) is 0 Å². The summed E-state index contributed by atoms with van der Waals surface area (Å²) in [5.41, 5.74) is 3.38. The summed E-state index contributed by atoms with van der Waals surface area (Å²) in [4.78, 5) is 4.32. The fraction of sp³-hybridized carbons (Fsp3) is 0.167. The van der Waals surface area contributed by atoms with Crippen LogP contribution < -0.4 is 5.32 Å². The number of nitrogens with zero attached hydrogens (tertiary/aromatic N) is 1. The minimum absolute atomic E-state index is 0.560. The van der Waals surface area contributed by atoms with Crippen LogP contribution in [-0.4, -0.2) is 4.98 Å². The summed E-state index contributed by atoms with van der Waals surface area (Å²) >= 11 is 5.89. The molecule has 0 saturated heterocycles. The number of hydrogen-bond acceptors (Lipinski definition) is 3. The molecule has 112 valence electrons. The maximum atomic E-state index is 5.89. The molecule has 0 fully saturated rings. The van der Waals surface area contributed by atoms with E-state index in [4.69, 9.17) is 16.0 Å². The second-order valence-corrected chi connectivity index (χ2v) is 5.43. The number of benzene rings is 2. The molecule has 1 heterocycles. The van der Waals surface area contributed by atoms with Crippen LogP contribution in [0.3, 0.4) is 0 Å². The highest BCUT2D eigenvalue weighted by Gasteiger charge is 2.07. The highest BCUT2D eigenvalue weighted by atomic mass is 35.5. The van der Waals surface area contributed by atoms with Crippen molar-refractivity contribution in [3.8, 4) is 11.3 Å². The van der Waals surface area contributed by atoms with Crippen molar-refractivity contribution >= 4 is 17.3 Å². The molecule has 0 radical (unpaired) electrons. The van der Waals surface area contributed by atoms with Gasteiger partial charge in [-0.05, 0) is 42.3 Å². The van der Waals surface area contributed by atoms with Crippen molar-refractivity contribution in [2.75, 3.05) is 5.32 Å². The predicted molar refractivity (Wildman–Crippen MR) is 90.1 cm³/mol. The molecule has 0 saturated carbocycles. The van der Waals surface area contributed by atoms with Gasteiger partial charge in [-0.1, -0.05) is 36.7 Å². The monoisotopic (exact) mass is 312 g/mol. The van der Waals surface area contributed by atoms with Gasteiger partial charge in [0.25, 0.3) is 0 Å². The zero-order valence-electron chi connectivity index (χ0n) is 12.3. The van der Waals surface area contributed by atoms with Gasteiger partial charge in [0.05, 0.1) is 12.7 Å². The van der Waals surface area contributed by atoms with E-state index in [1.54, 1.807) is 6.20 Å². The van der Waals surface area contributed by atoms with Crippen molar-refractivity contribution in [3.05, 3.63) is 71.2 Å². The summed E-state index contributed by atoms with van der Waals surface area (Å²) in [7, 11) is 0. The van der Waals surface area contributed by atoms with Crippen molar-refractivity contribution in [2.45, 2.75) is 19.9 Å². The van der Waals surface area contributed by atoms with Crippen LogP contribution in [0.4, 0.5) is 5.69 Å². The summed E-state index contributed by atoms with van der Waals surface area (Å²) in [6.45, 7) is 2.70. The van der Waals surface area contributed by atoms with Crippen LogP contribution >= 0.6 is 11.6 Å². The van der Waals surface area contributed by atoms with Crippen LogP contribution in [0.25, 0.3) is 11.3 Å². The number of nitrogens with one attached hydrogen (secondary N) is 1. The van der Waals surface area contributed by atoms with Gasteiger partial charge in [-0.25, -0.2) is 4.98 Å². The smallest absolute Gasteiger partial charge is 0.214 e. The third-order valence-electron chi connectivity index (χ3n) is 3.51. The van der Waals surface area contributed by atoms with Crippen LogP contribution in [0.15, 0.2) is 59.1 Å². The average molecular weight is 313 g/mol. The molecule has 1 N–H and O–H groups in total. The first-order valence-corrected chi connectivity index (χ1v) is 7.66. The lowest BCUT2D eigenvalue weighted by Gasteiger charge is -2.08. The van der Waals surface area contributed by atoms with E-state index in [0.29, 0.717) is 17.5 Å². The first-order valence-electron chi connectivity index (χ1n) is 7.28. The van der Waals surface area contributed by atoms with Crippen molar-refractivity contribution in [1.82, 2.24) is 4.98 Å². The van der Waals surface area contributed by atoms with Crippen molar-refractivity contribution < 1.29 is 4.42 Å². The highest BCUT2D eigenvalue weighted by Crippen LogP contribution is 2.23. The third kappa shape index (κ3) is 3.31. The summed E-state index contributed by atoms with van der Waals surface area (Å²) in [6.07, 6.45) is 2.73. The number of aromatic nitrogens is 1. The Hall–Kier alpha value is -2.26. The SMILES string of the molecule is CCc1ccccc1NCc1ncc(-c2ccc(Cl)cc2)o1. The fourth-order valence-electron chi connectivity index (χ4n) is 2.31. The standard InChI is InChI=1S/C18H17ClN2O/c1-2-13-5-3-4-6-16(13)20-12-18-21-11-17(22-18)14-7-9-15(19)10-8-14/h3-11,20H,2,12H2,1H3. The van der Waals surface area contributed by atoms with Gasteiger partial charge in [0.15, 0.2) is 5.76 Å². The second kappa shape index (κ2) is 6.67. The average Bonchev–Trinajstić information content (AvgIpc) is 3.03. The number of oxazole rings is 1. The molecule has 0 aliphatic rings. The van der Waals surface area contributed by atoms with Crippen LogP contribution in [0.5, 0.6) is 0 Å². The number of hydrogen-bond donors (Lipinski definition) is 1. The van der Waals surface area contributed by atoms with Gasteiger partial charge in [-0.3, -0.25) is 0 Å². The predicted octanol–water partition coefficient (Wildman–Crippen LogP) is 5.17. The Morgan fingerprint density at radius 1 is 1.09 bits per heavy atom. The van der Waals surface area contributed by atoms with Crippen LogP contribution in [-0.2, 0) is 13.0 Å². The van der Waals surface area contributed by atoms with Gasteiger partial charge in [-0.2, -0.15) is 0 Å². The van der Waals surface area contributed by atoms with Gasteiger partial charge < -0.3 is 9.73 Å². The summed E-state index contributed by atoms with van der Waals surface area (Å²) in [5.74, 6) is 1.41. The van der Waals surface area contributed by atoms with Crippen molar-refractivity contribution in [1.29, 1.82) is 0 Å². The van der Waals surface area contributed by atoms with Crippen LogP contribution in [0.1, 0.15) is 18.4 Å². The van der Waals surface area contributed by atoms with Crippen LogP contribution in [0.2, 0.25) is 5.02 Å². The van der Waals surface area contributed by atoms with E-state index < -0.39 is 0 Å². The molecule has 3 rings (SSSR count). The molecule has 0 spiro atoms. The molecule has 22 heavy (non-hydrogen) atoms. The molecule has 0 bridgehead atoms. The number of anilines is 1. The second-order valence-electron chi connectivity index (χ2n) is 4.99.